The van der Waals surface area contributed by atoms with Crippen molar-refractivity contribution < 1.29 is 4.74 Å². The Morgan fingerprint density at radius 1 is 1.57 bits per heavy atom. The van der Waals surface area contributed by atoms with Gasteiger partial charge in [-0.15, -0.1) is 11.3 Å². The maximum Gasteiger partial charge on any atom is 0.0821 e. The van der Waals surface area contributed by atoms with E-state index in [1.54, 1.807) is 11.3 Å². The van der Waals surface area contributed by atoms with Gasteiger partial charge in [0.25, 0.3) is 0 Å². The van der Waals surface area contributed by atoms with Crippen molar-refractivity contribution >= 4 is 11.3 Å². The molecule has 0 aliphatic heterocycles. The average Bonchev–Trinajstić information content (AvgIpc) is 2.63. The zero-order chi connectivity index (χ0) is 10.2. The molecule has 0 saturated carbocycles. The normalized spacial score (nSPS) is 9.57. The largest absolute Gasteiger partial charge is 0.376 e. The van der Waals surface area contributed by atoms with Crippen molar-refractivity contribution in [3.63, 3.8) is 0 Å². The molecule has 1 heterocycles. The first-order valence-corrected chi connectivity index (χ1v) is 5.59. The Bertz CT molecular complexity index is 322. The molecule has 0 saturated heterocycles. The molecule has 14 heavy (non-hydrogen) atoms. The van der Waals surface area contributed by atoms with Crippen LogP contribution in [0.15, 0.2) is 11.4 Å². The molecule has 1 aromatic heterocycles. The van der Waals surface area contributed by atoms with E-state index in [0.29, 0.717) is 13.2 Å². The first-order valence-electron chi connectivity index (χ1n) is 4.71. The van der Waals surface area contributed by atoms with Crippen molar-refractivity contribution in [1.82, 2.24) is 0 Å². The molecule has 0 aromatic carbocycles. The number of thiophene rings is 1. The molecule has 0 bridgehead atoms. The van der Waals surface area contributed by atoms with Crippen LogP contribution in [0.1, 0.15) is 23.8 Å². The van der Waals surface area contributed by atoms with E-state index in [2.05, 4.69) is 18.8 Å². The molecule has 0 radical (unpaired) electrons. The molecule has 0 unspecified atom stereocenters. The third-order valence-electron chi connectivity index (χ3n) is 1.65. The second-order valence-corrected chi connectivity index (χ2v) is 3.82. The molecule has 0 fully saturated rings. The molecule has 76 valence electrons. The summed E-state index contributed by atoms with van der Waals surface area (Å²) in [5.41, 5.74) is 6.37. The van der Waals surface area contributed by atoms with Crippen molar-refractivity contribution in [3.8, 4) is 11.8 Å². The molecule has 3 heteroatoms. The highest BCUT2D eigenvalue weighted by atomic mass is 32.1. The number of nitrogens with two attached hydrogens (primary N) is 1. The highest BCUT2D eigenvalue weighted by Gasteiger charge is 2.00. The number of hydrogen-bond acceptors (Lipinski definition) is 3. The van der Waals surface area contributed by atoms with Crippen LogP contribution < -0.4 is 5.73 Å². The topological polar surface area (TPSA) is 35.2 Å². The SMILES string of the molecule is CCCOCc1sccc1C#CCN. The number of ether oxygens (including phenoxy) is 1. The van der Waals surface area contributed by atoms with Gasteiger partial charge in [-0.05, 0) is 17.9 Å². The van der Waals surface area contributed by atoms with Crippen LogP contribution in [0.25, 0.3) is 0 Å². The van der Waals surface area contributed by atoms with Gasteiger partial charge in [0, 0.05) is 17.0 Å². The van der Waals surface area contributed by atoms with Gasteiger partial charge in [0.1, 0.15) is 0 Å². The predicted molar refractivity (Wildman–Crippen MR) is 60.2 cm³/mol. The Balaban J connectivity index is 2.54. The fourth-order valence-electron chi connectivity index (χ4n) is 1.02. The number of rotatable bonds is 4. The second-order valence-electron chi connectivity index (χ2n) is 2.82. The molecule has 2 nitrogen and oxygen atoms in total. The van der Waals surface area contributed by atoms with E-state index in [1.807, 2.05) is 11.4 Å². The summed E-state index contributed by atoms with van der Waals surface area (Å²) in [7, 11) is 0. The lowest BCUT2D eigenvalue weighted by Gasteiger charge is -1.99. The lowest BCUT2D eigenvalue weighted by atomic mass is 10.2. The van der Waals surface area contributed by atoms with E-state index < -0.39 is 0 Å². The van der Waals surface area contributed by atoms with E-state index in [9.17, 15) is 0 Å². The van der Waals surface area contributed by atoms with Crippen LogP contribution in [-0.4, -0.2) is 13.2 Å². The third-order valence-corrected chi connectivity index (χ3v) is 2.55. The van der Waals surface area contributed by atoms with E-state index in [1.165, 1.54) is 4.88 Å². The Morgan fingerprint density at radius 3 is 3.14 bits per heavy atom. The zero-order valence-electron chi connectivity index (χ0n) is 8.38. The Labute approximate surface area is 89.1 Å². The molecular weight excluding hydrogens is 194 g/mol. The van der Waals surface area contributed by atoms with Gasteiger partial charge in [0.15, 0.2) is 0 Å². The van der Waals surface area contributed by atoms with E-state index in [4.69, 9.17) is 10.5 Å². The van der Waals surface area contributed by atoms with Crippen LogP contribution in [0.2, 0.25) is 0 Å². The summed E-state index contributed by atoms with van der Waals surface area (Å²) >= 11 is 1.68. The third kappa shape index (κ3) is 3.51. The van der Waals surface area contributed by atoms with Gasteiger partial charge in [0.2, 0.25) is 0 Å². The minimum atomic E-state index is 0.408. The quantitative estimate of drug-likeness (QED) is 0.608. The van der Waals surface area contributed by atoms with Gasteiger partial charge in [-0.1, -0.05) is 18.8 Å². The summed E-state index contributed by atoms with van der Waals surface area (Å²) in [6.07, 6.45) is 1.05. The summed E-state index contributed by atoms with van der Waals surface area (Å²) in [6, 6.07) is 2.01. The summed E-state index contributed by atoms with van der Waals surface area (Å²) < 4.78 is 5.46. The van der Waals surface area contributed by atoms with Gasteiger partial charge in [-0.25, -0.2) is 0 Å². The fourth-order valence-corrected chi connectivity index (χ4v) is 1.79. The molecule has 0 spiro atoms. The molecule has 1 aromatic rings. The first kappa shape index (κ1) is 11.3. The maximum absolute atomic E-state index is 5.46. The van der Waals surface area contributed by atoms with Crippen molar-refractivity contribution in [1.29, 1.82) is 0 Å². The molecule has 0 atom stereocenters. The standard InChI is InChI=1S/C11H15NOS/c1-2-7-13-9-11-10(4-3-6-12)5-8-14-11/h5,8H,2,6-7,9,12H2,1H3. The van der Waals surface area contributed by atoms with Crippen LogP contribution in [0.3, 0.4) is 0 Å². The van der Waals surface area contributed by atoms with Crippen molar-refractivity contribution in [3.05, 3.63) is 21.9 Å². The minimum Gasteiger partial charge on any atom is -0.376 e. The molecule has 0 aliphatic rings. The summed E-state index contributed by atoms with van der Waals surface area (Å²) in [5.74, 6) is 5.89. The molecule has 2 N–H and O–H groups in total. The Hall–Kier alpha value is -0.820. The summed E-state index contributed by atoms with van der Waals surface area (Å²) in [5, 5.41) is 2.03. The summed E-state index contributed by atoms with van der Waals surface area (Å²) in [6.45, 7) is 3.98. The van der Waals surface area contributed by atoms with Crippen molar-refractivity contribution in [2.75, 3.05) is 13.2 Å². The van der Waals surface area contributed by atoms with E-state index in [0.717, 1.165) is 18.6 Å². The lowest BCUT2D eigenvalue weighted by Crippen LogP contribution is -1.95. The van der Waals surface area contributed by atoms with Gasteiger partial charge in [-0.3, -0.25) is 0 Å². The number of hydrogen-bond donors (Lipinski definition) is 1. The first-order chi connectivity index (χ1) is 6.88. The molecule has 0 amide bonds. The molecule has 1 rings (SSSR count). The fraction of sp³-hybridized carbons (Fsp3) is 0.455. The molecular formula is C11H15NOS. The van der Waals surface area contributed by atoms with Crippen molar-refractivity contribution in [2.45, 2.75) is 20.0 Å². The highest BCUT2D eigenvalue weighted by Crippen LogP contribution is 2.16. The smallest absolute Gasteiger partial charge is 0.0821 e. The Kier molecular flexibility index (Phi) is 5.31. The minimum absolute atomic E-state index is 0.408. The van der Waals surface area contributed by atoms with Crippen LogP contribution in [0, 0.1) is 11.8 Å². The Morgan fingerprint density at radius 2 is 2.43 bits per heavy atom. The van der Waals surface area contributed by atoms with Gasteiger partial charge in [0.05, 0.1) is 13.2 Å². The van der Waals surface area contributed by atoms with Crippen LogP contribution in [0.4, 0.5) is 0 Å². The van der Waals surface area contributed by atoms with Gasteiger partial charge < -0.3 is 10.5 Å². The van der Waals surface area contributed by atoms with Gasteiger partial charge >= 0.3 is 0 Å². The van der Waals surface area contributed by atoms with Crippen molar-refractivity contribution in [2.24, 2.45) is 5.73 Å². The van der Waals surface area contributed by atoms with Crippen LogP contribution in [-0.2, 0) is 11.3 Å². The molecule has 0 aliphatic carbocycles. The maximum atomic E-state index is 5.46. The van der Waals surface area contributed by atoms with E-state index >= 15 is 0 Å². The second kappa shape index (κ2) is 6.61. The van der Waals surface area contributed by atoms with Gasteiger partial charge in [-0.2, -0.15) is 0 Å². The van der Waals surface area contributed by atoms with Crippen LogP contribution >= 0.6 is 11.3 Å². The van der Waals surface area contributed by atoms with Crippen LogP contribution in [0.5, 0.6) is 0 Å². The average molecular weight is 209 g/mol. The lowest BCUT2D eigenvalue weighted by molar-refractivity contribution is 0.123. The zero-order valence-corrected chi connectivity index (χ0v) is 9.19. The monoisotopic (exact) mass is 209 g/mol. The summed E-state index contributed by atoms with van der Waals surface area (Å²) in [4.78, 5) is 1.19. The van der Waals surface area contributed by atoms with E-state index in [-0.39, 0.29) is 0 Å². The highest BCUT2D eigenvalue weighted by molar-refractivity contribution is 7.10. The predicted octanol–water partition coefficient (Wildman–Crippen LogP) is 1.98.